The van der Waals surface area contributed by atoms with E-state index < -0.39 is 6.09 Å². The number of nitrogens with one attached hydrogen (secondary N) is 1. The minimum absolute atomic E-state index is 0.0872. The van der Waals surface area contributed by atoms with Gasteiger partial charge in [-0.3, -0.25) is 15.0 Å². The Morgan fingerprint density at radius 2 is 2.14 bits per heavy atom. The highest BCUT2D eigenvalue weighted by Crippen LogP contribution is 2.26. The van der Waals surface area contributed by atoms with Crippen molar-refractivity contribution in [3.8, 4) is 0 Å². The Morgan fingerprint density at radius 3 is 2.86 bits per heavy atom. The summed E-state index contributed by atoms with van der Waals surface area (Å²) in [6.07, 6.45) is -0.407. The number of amides is 1. The SMILES string of the molecule is O=C(C1NCCS1)[C@@H]1CSCN1C(=O)OCc1ccccc1. The van der Waals surface area contributed by atoms with Gasteiger partial charge in [-0.2, -0.15) is 0 Å². The van der Waals surface area contributed by atoms with E-state index in [2.05, 4.69) is 5.32 Å². The van der Waals surface area contributed by atoms with Crippen molar-refractivity contribution in [3.63, 3.8) is 0 Å². The summed E-state index contributed by atoms with van der Waals surface area (Å²) in [6, 6.07) is 9.18. The largest absolute Gasteiger partial charge is 0.445 e. The van der Waals surface area contributed by atoms with Gasteiger partial charge in [-0.05, 0) is 5.56 Å². The number of thioether (sulfide) groups is 2. The van der Waals surface area contributed by atoms with Crippen molar-refractivity contribution >= 4 is 35.4 Å². The molecule has 2 aliphatic rings. The number of benzene rings is 1. The van der Waals surface area contributed by atoms with Crippen LogP contribution >= 0.6 is 23.5 Å². The van der Waals surface area contributed by atoms with E-state index in [0.717, 1.165) is 17.9 Å². The fourth-order valence-electron chi connectivity index (χ4n) is 2.44. The second-order valence-corrected chi connectivity index (χ2v) is 7.35. The lowest BCUT2D eigenvalue weighted by Gasteiger charge is -2.24. The maximum atomic E-state index is 12.5. The number of hydrogen-bond acceptors (Lipinski definition) is 6. The standard InChI is InChI=1S/C15H18N2O3S2/c18-13(14-16-6-7-22-14)12-9-21-10-17(12)15(19)20-8-11-4-2-1-3-5-11/h1-5,12,14,16H,6-10H2/t12-,14?/m0/s1. The van der Waals surface area contributed by atoms with Crippen molar-refractivity contribution in [2.24, 2.45) is 0 Å². The van der Waals surface area contributed by atoms with Gasteiger partial charge in [0.25, 0.3) is 0 Å². The second-order valence-electron chi connectivity index (χ2n) is 5.13. The minimum atomic E-state index is -0.407. The molecule has 1 aromatic rings. The molecule has 1 N–H and O–H groups in total. The molecule has 118 valence electrons. The summed E-state index contributed by atoms with van der Waals surface area (Å²) in [5.74, 6) is 2.19. The van der Waals surface area contributed by atoms with Crippen LogP contribution in [0.15, 0.2) is 30.3 Å². The van der Waals surface area contributed by atoms with Gasteiger partial charge in [0.15, 0.2) is 5.78 Å². The Bertz CT molecular complexity index is 535. The van der Waals surface area contributed by atoms with Crippen molar-refractivity contribution in [1.29, 1.82) is 0 Å². The third-order valence-electron chi connectivity index (χ3n) is 3.63. The number of rotatable bonds is 4. The lowest BCUT2D eigenvalue weighted by atomic mass is 10.2. The average molecular weight is 338 g/mol. The molecular weight excluding hydrogens is 320 g/mol. The first-order valence-corrected chi connectivity index (χ1v) is 9.40. The van der Waals surface area contributed by atoms with Gasteiger partial charge in [0, 0.05) is 18.1 Å². The van der Waals surface area contributed by atoms with E-state index in [1.807, 2.05) is 30.3 Å². The van der Waals surface area contributed by atoms with E-state index in [1.54, 1.807) is 28.4 Å². The van der Waals surface area contributed by atoms with Crippen LogP contribution in [0.25, 0.3) is 0 Å². The highest BCUT2D eigenvalue weighted by Gasteiger charge is 2.39. The fourth-order valence-corrected chi connectivity index (χ4v) is 4.63. The molecule has 1 aromatic carbocycles. The first-order valence-electron chi connectivity index (χ1n) is 7.19. The molecule has 2 fully saturated rings. The molecule has 0 saturated carbocycles. The second kappa shape index (κ2) is 7.39. The summed E-state index contributed by atoms with van der Waals surface area (Å²) in [7, 11) is 0. The monoisotopic (exact) mass is 338 g/mol. The highest BCUT2D eigenvalue weighted by molar-refractivity contribution is 8.01. The van der Waals surface area contributed by atoms with Crippen molar-refractivity contribution < 1.29 is 14.3 Å². The van der Waals surface area contributed by atoms with Crippen LogP contribution in [0.5, 0.6) is 0 Å². The topological polar surface area (TPSA) is 58.6 Å². The first-order chi connectivity index (χ1) is 10.8. The molecule has 22 heavy (non-hydrogen) atoms. The van der Waals surface area contributed by atoms with Gasteiger partial charge in [0.2, 0.25) is 0 Å². The van der Waals surface area contributed by atoms with Gasteiger partial charge in [-0.15, -0.1) is 23.5 Å². The molecule has 0 aromatic heterocycles. The molecule has 2 heterocycles. The lowest BCUT2D eigenvalue weighted by Crippen LogP contribution is -2.47. The molecule has 5 nitrogen and oxygen atoms in total. The van der Waals surface area contributed by atoms with Crippen molar-refractivity contribution in [2.45, 2.75) is 18.0 Å². The van der Waals surface area contributed by atoms with Gasteiger partial charge in [-0.1, -0.05) is 30.3 Å². The normalized spacial score (nSPS) is 24.5. The number of Topliss-reactive ketones (excluding diaryl/α,β-unsaturated/α-hetero) is 1. The van der Waals surface area contributed by atoms with Crippen molar-refractivity contribution in [3.05, 3.63) is 35.9 Å². The minimum Gasteiger partial charge on any atom is -0.445 e. The van der Waals surface area contributed by atoms with Crippen LogP contribution < -0.4 is 5.32 Å². The molecule has 0 radical (unpaired) electrons. The molecule has 2 atom stereocenters. The van der Waals surface area contributed by atoms with E-state index in [9.17, 15) is 9.59 Å². The molecule has 0 spiro atoms. The summed E-state index contributed by atoms with van der Waals surface area (Å²) in [4.78, 5) is 26.3. The van der Waals surface area contributed by atoms with Gasteiger partial charge < -0.3 is 4.74 Å². The van der Waals surface area contributed by atoms with E-state index >= 15 is 0 Å². The molecule has 3 rings (SSSR count). The van der Waals surface area contributed by atoms with Crippen LogP contribution in [0.4, 0.5) is 4.79 Å². The zero-order chi connectivity index (χ0) is 15.4. The van der Waals surface area contributed by atoms with Crippen LogP contribution in [0.1, 0.15) is 5.56 Å². The van der Waals surface area contributed by atoms with Gasteiger partial charge in [0.1, 0.15) is 18.0 Å². The molecule has 1 amide bonds. The van der Waals surface area contributed by atoms with E-state index in [0.29, 0.717) is 11.6 Å². The number of nitrogens with zero attached hydrogens (tertiary/aromatic N) is 1. The highest BCUT2D eigenvalue weighted by atomic mass is 32.2. The number of hydrogen-bond donors (Lipinski definition) is 1. The quantitative estimate of drug-likeness (QED) is 0.905. The van der Waals surface area contributed by atoms with Crippen molar-refractivity contribution in [2.75, 3.05) is 23.9 Å². The Kier molecular flexibility index (Phi) is 5.28. The first kappa shape index (κ1) is 15.7. The van der Waals surface area contributed by atoms with Crippen LogP contribution in [0.3, 0.4) is 0 Å². The Labute approximate surface area is 138 Å². The predicted molar refractivity (Wildman–Crippen MR) is 88.8 cm³/mol. The van der Waals surface area contributed by atoms with Crippen LogP contribution in [-0.4, -0.2) is 52.1 Å². The lowest BCUT2D eigenvalue weighted by molar-refractivity contribution is -0.122. The summed E-state index contributed by atoms with van der Waals surface area (Å²) in [5, 5.41) is 2.99. The molecule has 0 bridgehead atoms. The summed E-state index contributed by atoms with van der Waals surface area (Å²) < 4.78 is 5.35. The zero-order valence-corrected chi connectivity index (χ0v) is 13.7. The Morgan fingerprint density at radius 1 is 1.32 bits per heavy atom. The molecule has 1 unspecified atom stereocenters. The average Bonchev–Trinajstić information content (AvgIpc) is 3.24. The molecular formula is C15H18N2O3S2. The van der Waals surface area contributed by atoms with Gasteiger partial charge in [-0.25, -0.2) is 4.79 Å². The number of carbonyl (C=O) groups excluding carboxylic acids is 2. The molecule has 2 saturated heterocycles. The molecule has 2 aliphatic heterocycles. The number of carbonyl (C=O) groups is 2. The van der Waals surface area contributed by atoms with Gasteiger partial charge in [0.05, 0.1) is 5.88 Å². The number of ketones is 1. The summed E-state index contributed by atoms with van der Waals surface area (Å²) >= 11 is 3.21. The van der Waals surface area contributed by atoms with E-state index in [4.69, 9.17) is 4.74 Å². The van der Waals surface area contributed by atoms with Crippen LogP contribution in [0.2, 0.25) is 0 Å². The fraction of sp³-hybridized carbons (Fsp3) is 0.467. The Balaban J connectivity index is 1.57. The smallest absolute Gasteiger partial charge is 0.411 e. The third-order valence-corrected chi connectivity index (χ3v) is 5.81. The van der Waals surface area contributed by atoms with Crippen LogP contribution in [-0.2, 0) is 16.1 Å². The Hall–Kier alpha value is -1.18. The maximum absolute atomic E-state index is 12.5. The molecule has 7 heteroatoms. The summed E-state index contributed by atoms with van der Waals surface area (Å²) in [6.45, 7) is 1.08. The van der Waals surface area contributed by atoms with E-state index in [1.165, 1.54) is 0 Å². The zero-order valence-electron chi connectivity index (χ0n) is 12.1. The third kappa shape index (κ3) is 3.59. The van der Waals surface area contributed by atoms with Gasteiger partial charge >= 0.3 is 6.09 Å². The van der Waals surface area contributed by atoms with Crippen molar-refractivity contribution in [1.82, 2.24) is 10.2 Å². The number of ether oxygens (including phenoxy) is 1. The molecule has 0 aliphatic carbocycles. The summed E-state index contributed by atoms with van der Waals surface area (Å²) in [5.41, 5.74) is 0.943. The van der Waals surface area contributed by atoms with Crippen LogP contribution in [0, 0.1) is 0 Å². The maximum Gasteiger partial charge on any atom is 0.411 e. The van der Waals surface area contributed by atoms with E-state index in [-0.39, 0.29) is 23.8 Å². The predicted octanol–water partition coefficient (Wildman–Crippen LogP) is 1.93.